The van der Waals surface area contributed by atoms with Crippen LogP contribution in [0, 0.1) is 18.3 Å². The smallest absolute Gasteiger partial charge is 0.218 e. The first-order valence-corrected chi connectivity index (χ1v) is 6.74. The van der Waals surface area contributed by atoms with Gasteiger partial charge in [0.25, 0.3) is 0 Å². The van der Waals surface area contributed by atoms with Crippen molar-refractivity contribution in [3.05, 3.63) is 34.8 Å². The molecule has 0 aliphatic rings. The predicted molar refractivity (Wildman–Crippen MR) is 76.5 cm³/mol. The number of aromatic nitrogens is 2. The van der Waals surface area contributed by atoms with Crippen LogP contribution in [0.25, 0.3) is 0 Å². The zero-order valence-corrected chi connectivity index (χ0v) is 11.9. The van der Waals surface area contributed by atoms with Gasteiger partial charge in [-0.15, -0.1) is 10.2 Å². The number of carbonyl (C=O) groups excluding carboxylic acids is 1. The van der Waals surface area contributed by atoms with Gasteiger partial charge < -0.3 is 10.6 Å². The molecular weight excluding hydrogens is 274 g/mol. The highest BCUT2D eigenvalue weighted by atomic mass is 32.1. The Morgan fingerprint density at radius 1 is 1.35 bits per heavy atom. The lowest BCUT2D eigenvalue weighted by Crippen LogP contribution is -2.24. The van der Waals surface area contributed by atoms with Crippen molar-refractivity contribution < 1.29 is 4.79 Å². The average molecular weight is 287 g/mol. The number of nitrogens with one attached hydrogen (secondary N) is 2. The molecular formula is C13H13N5OS. The minimum atomic E-state index is -0.765. The summed E-state index contributed by atoms with van der Waals surface area (Å²) in [5.41, 5.74) is 2.06. The fourth-order valence-corrected chi connectivity index (χ4v) is 2.27. The van der Waals surface area contributed by atoms with Gasteiger partial charge in [-0.2, -0.15) is 5.26 Å². The van der Waals surface area contributed by atoms with Crippen LogP contribution in [0.1, 0.15) is 23.5 Å². The number of anilines is 2. The van der Waals surface area contributed by atoms with E-state index in [0.29, 0.717) is 10.1 Å². The summed E-state index contributed by atoms with van der Waals surface area (Å²) >= 11 is 1.24. The number of hydrogen-bond donors (Lipinski definition) is 2. The summed E-state index contributed by atoms with van der Waals surface area (Å²) < 4.78 is 0. The Kier molecular flexibility index (Phi) is 4.27. The molecule has 0 fully saturated rings. The highest BCUT2D eigenvalue weighted by Gasteiger charge is 2.17. The fraction of sp³-hybridized carbons (Fsp3) is 0.231. The molecule has 2 rings (SSSR count). The lowest BCUT2D eigenvalue weighted by atomic mass is 10.2. The van der Waals surface area contributed by atoms with Gasteiger partial charge in [0.1, 0.15) is 0 Å². The van der Waals surface area contributed by atoms with Crippen molar-refractivity contribution in [3.63, 3.8) is 0 Å². The monoisotopic (exact) mass is 287 g/mol. The van der Waals surface area contributed by atoms with Gasteiger partial charge in [0.2, 0.25) is 11.0 Å². The number of hydrogen-bond acceptors (Lipinski definition) is 6. The molecule has 0 aliphatic carbocycles. The van der Waals surface area contributed by atoms with E-state index >= 15 is 0 Å². The van der Waals surface area contributed by atoms with Gasteiger partial charge in [-0.1, -0.05) is 29.0 Å². The van der Waals surface area contributed by atoms with Crippen LogP contribution in [0.15, 0.2) is 24.3 Å². The zero-order valence-electron chi connectivity index (χ0n) is 11.0. The molecule has 0 aliphatic heterocycles. The lowest BCUT2D eigenvalue weighted by molar-refractivity contribution is -0.119. The molecule has 1 amide bonds. The third kappa shape index (κ3) is 3.52. The van der Waals surface area contributed by atoms with Crippen LogP contribution in [-0.4, -0.2) is 16.1 Å². The van der Waals surface area contributed by atoms with E-state index in [1.807, 2.05) is 37.3 Å². The Morgan fingerprint density at radius 2 is 2.05 bits per heavy atom. The SMILES string of the molecule is CC(=O)NC(C#N)c1nnc(Nc2ccc(C)cc2)s1. The van der Waals surface area contributed by atoms with Gasteiger partial charge >= 0.3 is 0 Å². The van der Waals surface area contributed by atoms with Gasteiger partial charge in [-0.25, -0.2) is 0 Å². The van der Waals surface area contributed by atoms with Crippen molar-refractivity contribution in [1.82, 2.24) is 15.5 Å². The number of benzene rings is 1. The Labute approximate surface area is 120 Å². The Hall–Kier alpha value is -2.46. The van der Waals surface area contributed by atoms with Crippen LogP contribution in [0.2, 0.25) is 0 Å². The highest BCUT2D eigenvalue weighted by molar-refractivity contribution is 7.15. The van der Waals surface area contributed by atoms with Crippen LogP contribution in [0.5, 0.6) is 0 Å². The summed E-state index contributed by atoms with van der Waals surface area (Å²) in [7, 11) is 0. The molecule has 0 bridgehead atoms. The standard InChI is InChI=1S/C13H13N5OS/c1-8-3-5-10(6-4-8)16-13-18-17-12(20-13)11(7-14)15-9(2)19/h3-6,11H,1-2H3,(H,15,19)(H,16,18). The van der Waals surface area contributed by atoms with Crippen molar-refractivity contribution >= 4 is 28.1 Å². The summed E-state index contributed by atoms with van der Waals surface area (Å²) in [6, 6.07) is 9.06. The van der Waals surface area contributed by atoms with Gasteiger partial charge in [-0.3, -0.25) is 4.79 Å². The minimum absolute atomic E-state index is 0.278. The van der Waals surface area contributed by atoms with E-state index in [0.717, 1.165) is 5.69 Å². The van der Waals surface area contributed by atoms with Gasteiger partial charge in [0, 0.05) is 12.6 Å². The minimum Gasteiger partial charge on any atom is -0.335 e. The molecule has 0 saturated carbocycles. The molecule has 1 heterocycles. The molecule has 1 aromatic heterocycles. The second-order valence-electron chi connectivity index (χ2n) is 4.20. The maximum absolute atomic E-state index is 11.0. The number of amides is 1. The van der Waals surface area contributed by atoms with Crippen molar-refractivity contribution in [2.24, 2.45) is 0 Å². The molecule has 1 atom stereocenters. The molecule has 2 aromatic rings. The third-order valence-electron chi connectivity index (χ3n) is 2.47. The van der Waals surface area contributed by atoms with E-state index in [1.165, 1.54) is 23.8 Å². The van der Waals surface area contributed by atoms with Crippen molar-refractivity contribution in [1.29, 1.82) is 5.26 Å². The van der Waals surface area contributed by atoms with Crippen LogP contribution in [0.3, 0.4) is 0 Å². The lowest BCUT2D eigenvalue weighted by Gasteiger charge is -2.04. The number of nitrogens with zero attached hydrogens (tertiary/aromatic N) is 3. The largest absolute Gasteiger partial charge is 0.335 e. The quantitative estimate of drug-likeness (QED) is 0.900. The van der Waals surface area contributed by atoms with E-state index in [2.05, 4.69) is 20.8 Å². The number of aryl methyl sites for hydroxylation is 1. The molecule has 20 heavy (non-hydrogen) atoms. The first-order chi connectivity index (χ1) is 9.58. The van der Waals surface area contributed by atoms with Crippen LogP contribution >= 0.6 is 11.3 Å². The van der Waals surface area contributed by atoms with Crippen LogP contribution < -0.4 is 10.6 Å². The maximum Gasteiger partial charge on any atom is 0.218 e. The Bertz CT molecular complexity index is 644. The second-order valence-corrected chi connectivity index (χ2v) is 5.21. The van der Waals surface area contributed by atoms with Crippen molar-refractivity contribution in [3.8, 4) is 6.07 Å². The first-order valence-electron chi connectivity index (χ1n) is 5.92. The first kappa shape index (κ1) is 14.0. The van der Waals surface area contributed by atoms with Gasteiger partial charge in [0.15, 0.2) is 11.0 Å². The van der Waals surface area contributed by atoms with Crippen LogP contribution in [0.4, 0.5) is 10.8 Å². The van der Waals surface area contributed by atoms with E-state index < -0.39 is 6.04 Å². The number of rotatable bonds is 4. The zero-order chi connectivity index (χ0) is 14.5. The molecule has 1 aromatic carbocycles. The maximum atomic E-state index is 11.0. The normalized spacial score (nSPS) is 11.4. The molecule has 6 nitrogen and oxygen atoms in total. The molecule has 7 heteroatoms. The predicted octanol–water partition coefficient (Wildman–Crippen LogP) is 2.29. The van der Waals surface area contributed by atoms with E-state index in [-0.39, 0.29) is 5.91 Å². The molecule has 0 saturated heterocycles. The summed E-state index contributed by atoms with van der Waals surface area (Å²) in [5, 5.41) is 23.6. The molecule has 1 unspecified atom stereocenters. The molecule has 0 radical (unpaired) electrons. The van der Waals surface area contributed by atoms with Crippen molar-refractivity contribution in [2.75, 3.05) is 5.32 Å². The molecule has 0 spiro atoms. The highest BCUT2D eigenvalue weighted by Crippen LogP contribution is 2.24. The summed E-state index contributed by atoms with van der Waals surface area (Å²) in [4.78, 5) is 11.0. The molecule has 102 valence electrons. The van der Waals surface area contributed by atoms with E-state index in [9.17, 15) is 4.79 Å². The van der Waals surface area contributed by atoms with Gasteiger partial charge in [-0.05, 0) is 19.1 Å². The fourth-order valence-electron chi connectivity index (χ4n) is 1.51. The number of carbonyl (C=O) groups is 1. The molecule has 2 N–H and O–H groups in total. The van der Waals surface area contributed by atoms with E-state index in [4.69, 9.17) is 5.26 Å². The summed E-state index contributed by atoms with van der Waals surface area (Å²) in [6.07, 6.45) is 0. The van der Waals surface area contributed by atoms with Crippen molar-refractivity contribution in [2.45, 2.75) is 19.9 Å². The Balaban J connectivity index is 2.10. The number of nitriles is 1. The second kappa shape index (κ2) is 6.12. The topological polar surface area (TPSA) is 90.7 Å². The van der Waals surface area contributed by atoms with E-state index in [1.54, 1.807) is 0 Å². The summed E-state index contributed by atoms with van der Waals surface area (Å²) in [5.74, 6) is -0.278. The van der Waals surface area contributed by atoms with Crippen LogP contribution in [-0.2, 0) is 4.79 Å². The third-order valence-corrected chi connectivity index (χ3v) is 3.37. The average Bonchev–Trinajstić information content (AvgIpc) is 2.87. The summed E-state index contributed by atoms with van der Waals surface area (Å²) in [6.45, 7) is 3.37. The van der Waals surface area contributed by atoms with Gasteiger partial charge in [0.05, 0.1) is 6.07 Å². The Morgan fingerprint density at radius 3 is 2.65 bits per heavy atom.